The number of carbonyl (C=O) groups is 1. The number of halogens is 2. The van der Waals surface area contributed by atoms with Crippen LogP contribution in [0.4, 0.5) is 5.69 Å². The summed E-state index contributed by atoms with van der Waals surface area (Å²) in [6.45, 7) is 3.19. The Hall–Kier alpha value is -1.80. The van der Waals surface area contributed by atoms with Crippen LogP contribution in [0.3, 0.4) is 0 Å². The third-order valence-electron chi connectivity index (χ3n) is 3.46. The van der Waals surface area contributed by atoms with Gasteiger partial charge in [0.15, 0.2) is 0 Å². The summed E-state index contributed by atoms with van der Waals surface area (Å²) in [5.41, 5.74) is 1.11. The van der Waals surface area contributed by atoms with Gasteiger partial charge in [-0.3, -0.25) is 4.79 Å². The molecule has 0 unspecified atom stereocenters. The van der Waals surface area contributed by atoms with E-state index in [0.717, 1.165) is 5.56 Å². The summed E-state index contributed by atoms with van der Waals surface area (Å²) in [7, 11) is -2.59. The Kier molecular flexibility index (Phi) is 6.52. The molecule has 2 N–H and O–H groups in total. The van der Waals surface area contributed by atoms with Crippen LogP contribution in [-0.2, 0) is 14.8 Å². The molecule has 0 saturated heterocycles. The van der Waals surface area contributed by atoms with Crippen molar-refractivity contribution in [3.8, 4) is 5.75 Å². The Morgan fingerprint density at radius 2 is 1.73 bits per heavy atom. The van der Waals surface area contributed by atoms with Crippen molar-refractivity contribution in [3.05, 3.63) is 52.0 Å². The summed E-state index contributed by atoms with van der Waals surface area (Å²) >= 11 is 11.8. The lowest BCUT2D eigenvalue weighted by molar-refractivity contribution is -0.117. The first-order chi connectivity index (χ1) is 12.1. The minimum atomic E-state index is -3.97. The van der Waals surface area contributed by atoms with E-state index in [4.69, 9.17) is 27.9 Å². The summed E-state index contributed by atoms with van der Waals surface area (Å²) in [4.78, 5) is 12.3. The Labute approximate surface area is 162 Å². The van der Waals surface area contributed by atoms with Crippen molar-refractivity contribution in [3.63, 3.8) is 0 Å². The molecule has 0 aliphatic rings. The average molecular weight is 417 g/mol. The van der Waals surface area contributed by atoms with Crippen LogP contribution in [0.1, 0.15) is 12.5 Å². The lowest BCUT2D eigenvalue weighted by Gasteiger charge is -2.16. The van der Waals surface area contributed by atoms with Gasteiger partial charge in [0.05, 0.1) is 13.2 Å². The zero-order chi connectivity index (χ0) is 19.5. The number of amides is 1. The quantitative estimate of drug-likeness (QED) is 0.752. The van der Waals surface area contributed by atoms with Crippen molar-refractivity contribution >= 4 is 44.8 Å². The standard InChI is InChI=1S/C17H18Cl2N2O4S/c1-10-4-5-15(25-3)16(6-10)26(23,24)21-11(2)17(22)20-14-8-12(18)7-13(19)9-14/h4-9,11,21H,1-3H3,(H,20,22)/t11-/m0/s1. The number of methoxy groups -OCH3 is 1. The molecule has 0 bridgehead atoms. The number of carbonyl (C=O) groups excluding carboxylic acids is 1. The maximum Gasteiger partial charge on any atom is 0.244 e. The number of anilines is 1. The van der Waals surface area contributed by atoms with Crippen LogP contribution >= 0.6 is 23.2 Å². The average Bonchev–Trinajstić information content (AvgIpc) is 2.53. The molecule has 2 rings (SSSR count). The summed E-state index contributed by atoms with van der Waals surface area (Å²) in [5, 5.41) is 3.28. The fraction of sp³-hybridized carbons (Fsp3) is 0.235. The normalized spacial score (nSPS) is 12.5. The summed E-state index contributed by atoms with van der Waals surface area (Å²) in [5.74, 6) is -0.365. The zero-order valence-corrected chi connectivity index (χ0v) is 16.7. The van der Waals surface area contributed by atoms with Gasteiger partial charge in [-0.1, -0.05) is 29.3 Å². The van der Waals surface area contributed by atoms with Gasteiger partial charge in [0, 0.05) is 15.7 Å². The molecular weight excluding hydrogens is 399 g/mol. The first-order valence-electron chi connectivity index (χ1n) is 7.56. The molecule has 140 valence electrons. The largest absolute Gasteiger partial charge is 0.495 e. The second kappa shape index (κ2) is 8.26. The fourth-order valence-electron chi connectivity index (χ4n) is 2.22. The monoisotopic (exact) mass is 416 g/mol. The fourth-order valence-corrected chi connectivity index (χ4v) is 4.20. The molecule has 9 heteroatoms. The van der Waals surface area contributed by atoms with Gasteiger partial charge in [0.25, 0.3) is 0 Å². The number of hydrogen-bond acceptors (Lipinski definition) is 4. The smallest absolute Gasteiger partial charge is 0.244 e. The highest BCUT2D eigenvalue weighted by Gasteiger charge is 2.25. The molecule has 1 amide bonds. The molecule has 26 heavy (non-hydrogen) atoms. The van der Waals surface area contributed by atoms with Crippen LogP contribution in [0.15, 0.2) is 41.3 Å². The highest BCUT2D eigenvalue weighted by atomic mass is 35.5. The minimum Gasteiger partial charge on any atom is -0.495 e. The van der Waals surface area contributed by atoms with Crippen molar-refractivity contribution in [1.29, 1.82) is 0 Å². The molecule has 0 aromatic heterocycles. The lowest BCUT2D eigenvalue weighted by Crippen LogP contribution is -2.41. The summed E-state index contributed by atoms with van der Waals surface area (Å²) in [6, 6.07) is 8.27. The van der Waals surface area contributed by atoms with E-state index in [9.17, 15) is 13.2 Å². The molecule has 0 spiro atoms. The van der Waals surface area contributed by atoms with Crippen molar-refractivity contribution in [2.75, 3.05) is 12.4 Å². The van der Waals surface area contributed by atoms with Crippen molar-refractivity contribution in [2.24, 2.45) is 0 Å². The Morgan fingerprint density at radius 1 is 1.12 bits per heavy atom. The van der Waals surface area contributed by atoms with E-state index in [-0.39, 0.29) is 10.6 Å². The highest BCUT2D eigenvalue weighted by molar-refractivity contribution is 7.89. The predicted molar refractivity (Wildman–Crippen MR) is 103 cm³/mol. The number of benzene rings is 2. The van der Waals surface area contributed by atoms with E-state index >= 15 is 0 Å². The molecular formula is C17H18Cl2N2O4S. The second-order valence-electron chi connectivity index (χ2n) is 5.64. The van der Waals surface area contributed by atoms with Crippen LogP contribution in [0.25, 0.3) is 0 Å². The maximum absolute atomic E-state index is 12.6. The predicted octanol–water partition coefficient (Wildman–Crippen LogP) is 3.62. The molecule has 0 radical (unpaired) electrons. The molecule has 2 aromatic rings. The third-order valence-corrected chi connectivity index (χ3v) is 5.46. The highest BCUT2D eigenvalue weighted by Crippen LogP contribution is 2.25. The van der Waals surface area contributed by atoms with Crippen LogP contribution in [0.2, 0.25) is 10.0 Å². The molecule has 1 atom stereocenters. The van der Waals surface area contributed by atoms with E-state index in [0.29, 0.717) is 15.7 Å². The molecule has 0 saturated carbocycles. The number of nitrogens with one attached hydrogen (secondary N) is 2. The zero-order valence-electron chi connectivity index (χ0n) is 14.3. The van der Waals surface area contributed by atoms with E-state index in [1.807, 2.05) is 0 Å². The van der Waals surface area contributed by atoms with Gasteiger partial charge in [-0.2, -0.15) is 4.72 Å². The van der Waals surface area contributed by atoms with Crippen LogP contribution in [-0.4, -0.2) is 27.5 Å². The van der Waals surface area contributed by atoms with Gasteiger partial charge in [-0.15, -0.1) is 0 Å². The Morgan fingerprint density at radius 3 is 2.31 bits per heavy atom. The van der Waals surface area contributed by atoms with E-state index in [1.54, 1.807) is 19.1 Å². The molecule has 0 heterocycles. The van der Waals surface area contributed by atoms with Crippen molar-refractivity contribution in [1.82, 2.24) is 4.72 Å². The first-order valence-corrected chi connectivity index (χ1v) is 9.80. The van der Waals surface area contributed by atoms with Gasteiger partial charge in [0.1, 0.15) is 10.6 Å². The topological polar surface area (TPSA) is 84.5 Å². The second-order valence-corrected chi connectivity index (χ2v) is 8.20. The number of aryl methyl sites for hydroxylation is 1. The Balaban J connectivity index is 2.18. The van der Waals surface area contributed by atoms with Crippen molar-refractivity contribution in [2.45, 2.75) is 24.8 Å². The number of sulfonamides is 1. The van der Waals surface area contributed by atoms with Gasteiger partial charge in [-0.25, -0.2) is 8.42 Å². The number of rotatable bonds is 6. The van der Waals surface area contributed by atoms with Gasteiger partial charge < -0.3 is 10.1 Å². The molecule has 0 aliphatic heterocycles. The molecule has 0 fully saturated rings. The number of ether oxygens (including phenoxy) is 1. The summed E-state index contributed by atoms with van der Waals surface area (Å²) < 4.78 is 32.7. The number of hydrogen-bond donors (Lipinski definition) is 2. The van der Waals surface area contributed by atoms with E-state index < -0.39 is 22.0 Å². The first kappa shape index (κ1) is 20.5. The van der Waals surface area contributed by atoms with Crippen molar-refractivity contribution < 1.29 is 17.9 Å². The van der Waals surface area contributed by atoms with Gasteiger partial charge >= 0.3 is 0 Å². The van der Waals surface area contributed by atoms with E-state index in [1.165, 1.54) is 38.3 Å². The van der Waals surface area contributed by atoms with Crippen LogP contribution in [0.5, 0.6) is 5.75 Å². The minimum absolute atomic E-state index is 0.0366. The molecule has 2 aromatic carbocycles. The van der Waals surface area contributed by atoms with Gasteiger partial charge in [0.2, 0.25) is 15.9 Å². The molecule has 6 nitrogen and oxygen atoms in total. The van der Waals surface area contributed by atoms with E-state index in [2.05, 4.69) is 10.0 Å². The molecule has 0 aliphatic carbocycles. The van der Waals surface area contributed by atoms with Gasteiger partial charge in [-0.05, 0) is 49.7 Å². The lowest BCUT2D eigenvalue weighted by atomic mass is 10.2. The SMILES string of the molecule is COc1ccc(C)cc1S(=O)(=O)N[C@@H](C)C(=O)Nc1cc(Cl)cc(Cl)c1. The third kappa shape index (κ3) is 5.11. The Bertz CT molecular complexity index is 912. The van der Waals surface area contributed by atoms with Crippen LogP contribution < -0.4 is 14.8 Å². The maximum atomic E-state index is 12.6. The summed E-state index contributed by atoms with van der Waals surface area (Å²) in [6.07, 6.45) is 0. The van der Waals surface area contributed by atoms with Crippen LogP contribution in [0, 0.1) is 6.92 Å².